The van der Waals surface area contributed by atoms with E-state index in [1.54, 1.807) is 26.4 Å². The molecule has 1 N–H and O–H groups in total. The van der Waals surface area contributed by atoms with Gasteiger partial charge >= 0.3 is 0 Å². The van der Waals surface area contributed by atoms with Crippen molar-refractivity contribution in [1.82, 2.24) is 5.32 Å². The molecule has 3 aromatic rings. The van der Waals surface area contributed by atoms with Crippen molar-refractivity contribution in [2.45, 2.75) is 13.0 Å². The predicted molar refractivity (Wildman–Crippen MR) is 113 cm³/mol. The van der Waals surface area contributed by atoms with Crippen LogP contribution >= 0.6 is 15.9 Å². The number of rotatable bonds is 8. The van der Waals surface area contributed by atoms with Gasteiger partial charge < -0.3 is 23.9 Å². The van der Waals surface area contributed by atoms with Crippen LogP contribution < -0.4 is 19.5 Å². The van der Waals surface area contributed by atoms with Gasteiger partial charge in [0.2, 0.25) is 0 Å². The van der Waals surface area contributed by atoms with Crippen LogP contribution in [0.5, 0.6) is 17.2 Å². The standard InChI is InChI=1S/C22H22BrNO5/c1-4-28-15-9-7-14(8-10-15)21(24-22(25)18-6-5-11-29-18)16-12-19(26-2)20(27-3)13-17(16)23/h5-13,21H,4H2,1-3H3,(H,24,25). The van der Waals surface area contributed by atoms with Gasteiger partial charge in [0.25, 0.3) is 5.91 Å². The Morgan fingerprint density at radius 1 is 1.10 bits per heavy atom. The first kappa shape index (κ1) is 20.8. The maximum absolute atomic E-state index is 12.7. The molecule has 1 heterocycles. The third-order valence-electron chi connectivity index (χ3n) is 4.36. The molecule has 1 unspecified atom stereocenters. The summed E-state index contributed by atoms with van der Waals surface area (Å²) in [5.41, 5.74) is 1.69. The molecule has 7 heteroatoms. The van der Waals surface area contributed by atoms with Gasteiger partial charge in [-0.1, -0.05) is 28.1 Å². The van der Waals surface area contributed by atoms with E-state index < -0.39 is 6.04 Å². The van der Waals surface area contributed by atoms with Crippen LogP contribution in [0.3, 0.4) is 0 Å². The molecule has 0 saturated heterocycles. The van der Waals surface area contributed by atoms with Gasteiger partial charge in [0.15, 0.2) is 17.3 Å². The Kier molecular flexibility index (Phi) is 6.82. The summed E-state index contributed by atoms with van der Waals surface area (Å²) >= 11 is 3.59. The summed E-state index contributed by atoms with van der Waals surface area (Å²) in [4.78, 5) is 12.7. The van der Waals surface area contributed by atoms with Crippen LogP contribution in [0.4, 0.5) is 0 Å². The Labute approximate surface area is 177 Å². The minimum absolute atomic E-state index is 0.234. The summed E-state index contributed by atoms with van der Waals surface area (Å²) in [7, 11) is 3.15. The van der Waals surface area contributed by atoms with Crippen LogP contribution in [-0.4, -0.2) is 26.7 Å². The highest BCUT2D eigenvalue weighted by Gasteiger charge is 2.23. The number of amides is 1. The first-order chi connectivity index (χ1) is 14.1. The number of benzene rings is 2. The number of hydrogen-bond acceptors (Lipinski definition) is 5. The molecule has 2 aromatic carbocycles. The van der Waals surface area contributed by atoms with Gasteiger partial charge in [-0.2, -0.15) is 0 Å². The molecule has 1 aromatic heterocycles. The zero-order valence-electron chi connectivity index (χ0n) is 16.4. The van der Waals surface area contributed by atoms with Crippen LogP contribution in [0.25, 0.3) is 0 Å². The average molecular weight is 460 g/mol. The van der Waals surface area contributed by atoms with Gasteiger partial charge in [-0.3, -0.25) is 4.79 Å². The molecule has 0 aliphatic carbocycles. The zero-order chi connectivity index (χ0) is 20.8. The second kappa shape index (κ2) is 9.52. The van der Waals surface area contributed by atoms with Crippen molar-refractivity contribution in [3.05, 3.63) is 76.2 Å². The number of furan rings is 1. The van der Waals surface area contributed by atoms with Gasteiger partial charge in [0.1, 0.15) is 5.75 Å². The second-order valence-electron chi connectivity index (χ2n) is 6.11. The summed E-state index contributed by atoms with van der Waals surface area (Å²) in [6.07, 6.45) is 1.47. The predicted octanol–water partition coefficient (Wildman–Crippen LogP) is 4.98. The van der Waals surface area contributed by atoms with E-state index in [9.17, 15) is 4.79 Å². The number of carbonyl (C=O) groups is 1. The molecular formula is C22H22BrNO5. The van der Waals surface area contributed by atoms with Gasteiger partial charge in [0, 0.05) is 4.47 Å². The second-order valence-corrected chi connectivity index (χ2v) is 6.97. The van der Waals surface area contributed by atoms with Crippen molar-refractivity contribution >= 4 is 21.8 Å². The monoisotopic (exact) mass is 459 g/mol. The molecule has 29 heavy (non-hydrogen) atoms. The molecule has 0 aliphatic heterocycles. The Hall–Kier alpha value is -2.93. The van der Waals surface area contributed by atoms with Gasteiger partial charge in [-0.15, -0.1) is 0 Å². The highest BCUT2D eigenvalue weighted by molar-refractivity contribution is 9.10. The summed E-state index contributed by atoms with van der Waals surface area (Å²) < 4.78 is 22.4. The lowest BCUT2D eigenvalue weighted by molar-refractivity contribution is 0.0915. The lowest BCUT2D eigenvalue weighted by Gasteiger charge is -2.22. The van der Waals surface area contributed by atoms with E-state index in [1.165, 1.54) is 6.26 Å². The van der Waals surface area contributed by atoms with E-state index in [0.717, 1.165) is 21.3 Å². The number of ether oxygens (including phenoxy) is 3. The van der Waals surface area contributed by atoms with E-state index in [1.807, 2.05) is 43.3 Å². The molecule has 6 nitrogen and oxygen atoms in total. The lowest BCUT2D eigenvalue weighted by atomic mass is 9.97. The summed E-state index contributed by atoms with van der Waals surface area (Å²) in [6, 6.07) is 14.1. The van der Waals surface area contributed by atoms with Crippen LogP contribution in [0, 0.1) is 0 Å². The molecule has 0 fully saturated rings. The average Bonchev–Trinajstić information content (AvgIpc) is 3.28. The molecule has 3 rings (SSSR count). The molecule has 152 valence electrons. The molecule has 1 atom stereocenters. The van der Waals surface area contributed by atoms with Gasteiger partial charge in [0.05, 0.1) is 33.1 Å². The van der Waals surface area contributed by atoms with Gasteiger partial charge in [-0.25, -0.2) is 0 Å². The molecule has 0 bridgehead atoms. The van der Waals surface area contributed by atoms with Crippen molar-refractivity contribution in [3.8, 4) is 17.2 Å². The van der Waals surface area contributed by atoms with E-state index >= 15 is 0 Å². The van der Waals surface area contributed by atoms with E-state index in [4.69, 9.17) is 18.6 Å². The lowest BCUT2D eigenvalue weighted by Crippen LogP contribution is -2.29. The maximum Gasteiger partial charge on any atom is 0.287 e. The summed E-state index contributed by atoms with van der Waals surface area (Å²) in [6.45, 7) is 2.51. The minimum atomic E-state index is -0.461. The topological polar surface area (TPSA) is 69.9 Å². The third-order valence-corrected chi connectivity index (χ3v) is 5.05. The Bertz CT molecular complexity index is 954. The highest BCUT2D eigenvalue weighted by atomic mass is 79.9. The van der Waals surface area contributed by atoms with Crippen LogP contribution in [-0.2, 0) is 0 Å². The highest BCUT2D eigenvalue weighted by Crippen LogP contribution is 2.38. The van der Waals surface area contributed by atoms with Crippen LogP contribution in [0.15, 0.2) is 63.7 Å². The number of halogens is 1. The SMILES string of the molecule is CCOc1ccc(C(NC(=O)c2ccco2)c2cc(OC)c(OC)cc2Br)cc1. The summed E-state index contributed by atoms with van der Waals surface area (Å²) in [5, 5.41) is 3.03. The largest absolute Gasteiger partial charge is 0.494 e. The molecule has 0 radical (unpaired) electrons. The molecule has 0 saturated carbocycles. The van der Waals surface area contributed by atoms with Crippen LogP contribution in [0.1, 0.15) is 34.6 Å². The fourth-order valence-corrected chi connectivity index (χ4v) is 3.52. The summed E-state index contributed by atoms with van der Waals surface area (Å²) in [5.74, 6) is 1.83. The van der Waals surface area contributed by atoms with Crippen molar-refractivity contribution in [2.24, 2.45) is 0 Å². The number of hydrogen-bond donors (Lipinski definition) is 1. The molecule has 0 aliphatic rings. The third kappa shape index (κ3) is 4.74. The first-order valence-electron chi connectivity index (χ1n) is 9.06. The minimum Gasteiger partial charge on any atom is -0.494 e. The molecule has 1 amide bonds. The smallest absolute Gasteiger partial charge is 0.287 e. The molecule has 0 spiro atoms. The van der Waals surface area contributed by atoms with E-state index in [2.05, 4.69) is 21.2 Å². The fourth-order valence-electron chi connectivity index (χ4n) is 2.96. The van der Waals surface area contributed by atoms with Gasteiger partial charge in [-0.05, 0) is 54.4 Å². The van der Waals surface area contributed by atoms with E-state index in [0.29, 0.717) is 18.1 Å². The first-order valence-corrected chi connectivity index (χ1v) is 9.85. The number of carbonyl (C=O) groups excluding carboxylic acids is 1. The van der Waals surface area contributed by atoms with E-state index in [-0.39, 0.29) is 11.7 Å². The Morgan fingerprint density at radius 2 is 1.79 bits per heavy atom. The maximum atomic E-state index is 12.7. The Morgan fingerprint density at radius 3 is 2.38 bits per heavy atom. The molecular weight excluding hydrogens is 438 g/mol. The van der Waals surface area contributed by atoms with Crippen molar-refractivity contribution in [2.75, 3.05) is 20.8 Å². The quantitative estimate of drug-likeness (QED) is 0.514. The Balaban J connectivity index is 2.03. The fraction of sp³-hybridized carbons (Fsp3) is 0.227. The van der Waals surface area contributed by atoms with Crippen molar-refractivity contribution in [1.29, 1.82) is 0 Å². The number of nitrogens with one attached hydrogen (secondary N) is 1. The normalized spacial score (nSPS) is 11.6. The zero-order valence-corrected chi connectivity index (χ0v) is 18.0. The van der Waals surface area contributed by atoms with Crippen LogP contribution in [0.2, 0.25) is 0 Å². The number of methoxy groups -OCH3 is 2. The van der Waals surface area contributed by atoms with Crippen molar-refractivity contribution < 1.29 is 23.4 Å². The van der Waals surface area contributed by atoms with Crippen molar-refractivity contribution in [3.63, 3.8) is 0 Å².